The number of likely N-dealkylation sites (tertiary alicyclic amines) is 2. The van der Waals surface area contributed by atoms with Gasteiger partial charge in [-0.3, -0.25) is 19.3 Å². The van der Waals surface area contributed by atoms with Crippen molar-refractivity contribution < 1.29 is 103 Å². The number of carboxylic acids is 1. The third-order valence-corrected chi connectivity index (χ3v) is 23.8. The number of nitrogens with two attached hydrogens (primary N) is 1. The molecule has 0 unspecified atom stereocenters. The standard InChI is InChI=1S/C26H26F4N2O4S.C18H21F4NO.C11H11F4N.C11H19NO4.C8H7BrO2S.ClH/c27-20-14-18(26(28,29)30)8-9-19(20)23(16-5-6-16)31-24(33)21-3-1-2-11-32(21)25(34)17-7-4-15-10-12-37(35,36)22(15)13-17;19-15-10-13(18(20,21)22)8-9-14(15)16(11-6-7-11)23-17(24)12-4-2-1-3-5-12;12-9-5-7(11(13,14)15)3-4-8(9)10(16)6-1-2-6;1-11(2,3)16-10(15)12-7-5-4-6-8(12)9(13)14;9-7-2-1-6-3-4-12(10,11)8(6)5-7;/h4,7-9,13-14,16,21,23H,1-3,5-6,10-12H2,(H,31,33);8-12,16H,1-7H2,(H,23,24);3-6,10H,1-2,16H2;8H,4-7H2,1-3H3,(H,13,14);1-2,5H,3-4H2;1H/t21-,23-;16-;10-;8-;;/m1111../s1. The topological polar surface area (TPSA) is 240 Å². The number of amides is 4. The maximum absolute atomic E-state index is 14.7. The molecule has 5 aromatic carbocycles. The maximum Gasteiger partial charge on any atom is 0.416 e. The average Bonchev–Trinajstić information content (AvgIpc) is 1.56. The first-order valence-corrected chi connectivity index (χ1v) is 39.1. The Morgan fingerprint density at radius 3 is 1.37 bits per heavy atom. The normalized spacial score (nSPS) is 20.5. The Balaban J connectivity index is 0.000000178. The van der Waals surface area contributed by atoms with E-state index in [9.17, 15) is 93.5 Å². The lowest BCUT2D eigenvalue weighted by Gasteiger charge is -2.36. The molecule has 6 fully saturated rings. The lowest BCUT2D eigenvalue weighted by Crippen LogP contribution is -2.52. The summed E-state index contributed by atoms with van der Waals surface area (Å²) in [5.41, 5.74) is 4.18. The first-order chi connectivity index (χ1) is 49.1. The fourth-order valence-electron chi connectivity index (χ4n) is 13.5. The quantitative estimate of drug-likeness (QED) is 0.0853. The maximum atomic E-state index is 14.7. The number of carbonyl (C=O) groups excluding carboxylic acids is 4. The minimum absolute atomic E-state index is 0. The summed E-state index contributed by atoms with van der Waals surface area (Å²) in [5.74, 6) is -4.39. The Labute approximate surface area is 622 Å². The molecule has 106 heavy (non-hydrogen) atoms. The van der Waals surface area contributed by atoms with Crippen molar-refractivity contribution in [3.05, 3.63) is 163 Å². The van der Waals surface area contributed by atoms with Crippen molar-refractivity contribution in [2.75, 3.05) is 24.6 Å². The van der Waals surface area contributed by atoms with Crippen LogP contribution in [-0.4, -0.2) is 104 Å². The number of halogens is 14. The highest BCUT2D eigenvalue weighted by molar-refractivity contribution is 9.10. The average molecular weight is 1630 g/mol. The van der Waals surface area contributed by atoms with Gasteiger partial charge in [-0.2, -0.15) is 39.5 Å². The lowest BCUT2D eigenvalue weighted by atomic mass is 9.88. The Morgan fingerprint density at radius 1 is 0.519 bits per heavy atom. The van der Waals surface area contributed by atoms with Gasteiger partial charge in [-0.05, 0) is 213 Å². The van der Waals surface area contributed by atoms with Crippen LogP contribution in [0.2, 0.25) is 0 Å². The Bertz CT molecular complexity index is 4240. The van der Waals surface area contributed by atoms with Crippen molar-refractivity contribution in [2.24, 2.45) is 29.4 Å². The van der Waals surface area contributed by atoms with Crippen LogP contribution < -0.4 is 16.4 Å². The fourth-order valence-corrected chi connectivity index (χ4v) is 17.2. The molecule has 2 saturated heterocycles. The van der Waals surface area contributed by atoms with Crippen molar-refractivity contribution >= 4 is 77.8 Å². The summed E-state index contributed by atoms with van der Waals surface area (Å²) in [7, 11) is -6.40. The predicted octanol–water partition coefficient (Wildman–Crippen LogP) is 16.7. The highest BCUT2D eigenvalue weighted by Crippen LogP contribution is 2.46. The highest BCUT2D eigenvalue weighted by Gasteiger charge is 2.43. The zero-order chi connectivity index (χ0) is 76.9. The molecule has 0 bridgehead atoms. The summed E-state index contributed by atoms with van der Waals surface area (Å²) >= 11 is 3.25. The first-order valence-electron chi connectivity index (χ1n) is 35.0. The molecule has 0 spiro atoms. The van der Waals surface area contributed by atoms with Gasteiger partial charge in [0.05, 0.1) is 50.1 Å². The second-order valence-electron chi connectivity index (χ2n) is 28.8. The number of piperidine rings is 2. The molecule has 5 N–H and O–H groups in total. The molecule has 4 saturated carbocycles. The monoisotopic (exact) mass is 1630 g/mol. The fraction of sp³-hybridized carbons (Fsp3) is 0.527. The van der Waals surface area contributed by atoms with E-state index in [-0.39, 0.29) is 80.6 Å². The summed E-state index contributed by atoms with van der Waals surface area (Å²) in [6.45, 7) is 6.06. The molecular formula is C74H85BrClF12N5O11S2. The van der Waals surface area contributed by atoms with Gasteiger partial charge >= 0.3 is 30.6 Å². The van der Waals surface area contributed by atoms with Gasteiger partial charge < -0.3 is 31.1 Å². The van der Waals surface area contributed by atoms with Gasteiger partial charge in [-0.25, -0.2) is 39.6 Å². The molecule has 4 aliphatic heterocycles. The minimum Gasteiger partial charge on any atom is -0.480 e. The van der Waals surface area contributed by atoms with Crippen LogP contribution in [-0.2, 0) is 70.2 Å². The Kier molecular flexibility index (Phi) is 27.7. The third-order valence-electron chi connectivity index (χ3n) is 19.7. The van der Waals surface area contributed by atoms with Crippen LogP contribution in [0.3, 0.4) is 0 Å². The van der Waals surface area contributed by atoms with E-state index >= 15 is 0 Å². The number of carboxylic acid groups (broad SMARTS) is 1. The number of fused-ring (bicyclic) bond motifs is 2. The molecule has 582 valence electrons. The van der Waals surface area contributed by atoms with Crippen LogP contribution in [0.25, 0.3) is 0 Å². The van der Waals surface area contributed by atoms with Crippen LogP contribution in [0.5, 0.6) is 0 Å². The van der Waals surface area contributed by atoms with E-state index in [0.29, 0.717) is 93.1 Å². The SMILES string of the molecule is CC(C)(C)OC(=O)N1CCCC[C@@H]1C(=O)O.Cl.N[C@@H](c1ccc(C(F)(F)F)cc1F)C1CC1.O=C(N[C@@H](c1ccc(C(F)(F)F)cc1F)C1CC1)C1CCCCC1.O=C(N[C@@H](c1ccc(C(F)(F)F)cc1F)C1CC1)[C@H]1CCCCN1C(=O)c1ccc2c(c1)S(=O)(=O)CC2.O=S1(=O)CCc2ccc(Br)cc21. The van der Waals surface area contributed by atoms with Gasteiger partial charge in [0.25, 0.3) is 5.91 Å². The van der Waals surface area contributed by atoms with Crippen molar-refractivity contribution in [1.29, 1.82) is 0 Å². The van der Waals surface area contributed by atoms with Gasteiger partial charge in [-0.15, -0.1) is 12.4 Å². The molecule has 13 rings (SSSR count). The molecule has 4 heterocycles. The highest BCUT2D eigenvalue weighted by atomic mass is 79.9. The Morgan fingerprint density at radius 2 is 0.934 bits per heavy atom. The van der Waals surface area contributed by atoms with Crippen molar-refractivity contribution in [3.63, 3.8) is 0 Å². The van der Waals surface area contributed by atoms with Crippen LogP contribution >= 0.6 is 28.3 Å². The van der Waals surface area contributed by atoms with Crippen molar-refractivity contribution in [2.45, 2.75) is 207 Å². The predicted molar refractivity (Wildman–Crippen MR) is 374 cm³/mol. The number of aliphatic carboxylic acids is 1. The number of hydrogen-bond acceptors (Lipinski definition) is 11. The van der Waals surface area contributed by atoms with Crippen molar-refractivity contribution in [3.8, 4) is 0 Å². The minimum atomic E-state index is -4.68. The molecule has 0 aromatic heterocycles. The van der Waals surface area contributed by atoms with Gasteiger partial charge in [0, 0.05) is 51.8 Å². The lowest BCUT2D eigenvalue weighted by molar-refractivity contribution is -0.144. The summed E-state index contributed by atoms with van der Waals surface area (Å²) in [6.07, 6.45) is 0.431. The van der Waals surface area contributed by atoms with E-state index in [2.05, 4.69) is 26.6 Å². The van der Waals surface area contributed by atoms with Gasteiger partial charge in [0.1, 0.15) is 35.1 Å². The van der Waals surface area contributed by atoms with E-state index in [0.717, 1.165) is 111 Å². The van der Waals surface area contributed by atoms with E-state index < -0.39 is 132 Å². The van der Waals surface area contributed by atoms with Gasteiger partial charge in [0.2, 0.25) is 11.8 Å². The molecule has 0 radical (unpaired) electrons. The summed E-state index contributed by atoms with van der Waals surface area (Å²) in [4.78, 5) is 65.3. The van der Waals surface area contributed by atoms with E-state index in [4.69, 9.17) is 15.6 Å². The van der Waals surface area contributed by atoms with Crippen LogP contribution in [0.4, 0.5) is 57.5 Å². The number of alkyl halides is 9. The summed E-state index contributed by atoms with van der Waals surface area (Å²) in [6, 6.07) is 14.0. The molecule has 4 amide bonds. The molecule has 8 aliphatic rings. The number of nitrogens with one attached hydrogen (secondary N) is 2. The van der Waals surface area contributed by atoms with E-state index in [1.165, 1.54) is 21.9 Å². The van der Waals surface area contributed by atoms with Gasteiger partial charge in [-0.1, -0.05) is 65.5 Å². The van der Waals surface area contributed by atoms with Crippen LogP contribution in [0, 0.1) is 41.1 Å². The third kappa shape index (κ3) is 22.4. The number of sulfone groups is 2. The molecule has 5 aromatic rings. The van der Waals surface area contributed by atoms with Crippen molar-refractivity contribution in [1.82, 2.24) is 20.4 Å². The zero-order valence-electron chi connectivity index (χ0n) is 58.3. The number of benzene rings is 5. The number of hydrogen-bond donors (Lipinski definition) is 4. The zero-order valence-corrected chi connectivity index (χ0v) is 62.3. The van der Waals surface area contributed by atoms with Gasteiger partial charge in [0.15, 0.2) is 19.7 Å². The Hall–Kier alpha value is -6.96. The van der Waals surface area contributed by atoms with E-state index in [1.54, 1.807) is 39.0 Å². The molecule has 4 aliphatic carbocycles. The number of carbonyl (C=O) groups is 5. The van der Waals surface area contributed by atoms with Crippen LogP contribution in [0.1, 0.15) is 203 Å². The second-order valence-corrected chi connectivity index (χ2v) is 33.9. The number of aryl methyl sites for hydroxylation is 2. The second kappa shape index (κ2) is 34.7. The first kappa shape index (κ1) is 84.7. The molecule has 16 nitrogen and oxygen atoms in total. The number of nitrogens with zero attached hydrogens (tertiary/aromatic N) is 2. The summed E-state index contributed by atoms with van der Waals surface area (Å²) in [5, 5.41) is 14.7. The molecule has 32 heteroatoms. The summed E-state index contributed by atoms with van der Waals surface area (Å²) < 4.78 is 210. The molecule has 5 atom stereocenters. The smallest absolute Gasteiger partial charge is 0.416 e. The van der Waals surface area contributed by atoms with Crippen LogP contribution in [0.15, 0.2) is 105 Å². The molecular weight excluding hydrogens is 1540 g/mol. The largest absolute Gasteiger partial charge is 0.480 e. The number of rotatable bonds is 12. The number of ether oxygens (including phenoxy) is 1. The van der Waals surface area contributed by atoms with E-state index in [1.807, 2.05) is 12.1 Å².